The van der Waals surface area contributed by atoms with Gasteiger partial charge in [-0.05, 0) is 26.0 Å². The molecule has 1 heterocycles. The van der Waals surface area contributed by atoms with Crippen molar-refractivity contribution >= 4 is 30.1 Å². The lowest BCUT2D eigenvalue weighted by atomic mass is 10.3. The van der Waals surface area contributed by atoms with E-state index in [9.17, 15) is 4.57 Å². The zero-order valence-electron chi connectivity index (χ0n) is 13.3. The van der Waals surface area contributed by atoms with E-state index >= 15 is 0 Å². The van der Waals surface area contributed by atoms with Gasteiger partial charge in [-0.25, -0.2) is 4.98 Å². The summed E-state index contributed by atoms with van der Waals surface area (Å²) in [4.78, 5) is 6.28. The Morgan fingerprint density at radius 3 is 2.55 bits per heavy atom. The van der Waals surface area contributed by atoms with Crippen LogP contribution in [0.15, 0.2) is 28.8 Å². The fourth-order valence-corrected chi connectivity index (χ4v) is 3.69. The van der Waals surface area contributed by atoms with Gasteiger partial charge in [0, 0.05) is 26.4 Å². The molecule has 0 atom stereocenters. The molecule has 0 saturated heterocycles. The second kappa shape index (κ2) is 7.09. The number of para-hydroxylation sites is 1. The number of oxazole rings is 1. The third-order valence-corrected chi connectivity index (χ3v) is 4.97. The highest BCUT2D eigenvalue weighted by Crippen LogP contribution is 2.48. The van der Waals surface area contributed by atoms with Crippen molar-refractivity contribution in [1.29, 1.82) is 0 Å². The number of benzene rings is 1. The van der Waals surface area contributed by atoms with Crippen LogP contribution >= 0.6 is 7.60 Å². The molecular weight excluding hydrogens is 303 g/mol. The molecule has 0 amide bonds. The quantitative estimate of drug-likeness (QED) is 0.729. The van der Waals surface area contributed by atoms with Crippen molar-refractivity contribution in [3.63, 3.8) is 0 Å². The van der Waals surface area contributed by atoms with Crippen molar-refractivity contribution < 1.29 is 18.0 Å². The van der Waals surface area contributed by atoms with Crippen LogP contribution in [0.3, 0.4) is 0 Å². The molecule has 0 spiro atoms. The van der Waals surface area contributed by atoms with E-state index in [-0.39, 0.29) is 0 Å². The molecule has 0 aliphatic carbocycles. The third-order valence-electron chi connectivity index (χ3n) is 2.82. The second-order valence-corrected chi connectivity index (χ2v) is 6.78. The molecule has 1 aromatic carbocycles. The standard InChI is InChI=1S/C15H21N2O4P/c1-5-19-22(18,20-6-2)13-9-7-8-12-15(13)16-14(21-12)10-11-17(3)4/h7-11H,5-6H2,1-4H3/b11-10+. The Kier molecular flexibility index (Phi) is 5.40. The fourth-order valence-electron chi connectivity index (χ4n) is 1.97. The average Bonchev–Trinajstić information content (AvgIpc) is 2.88. The van der Waals surface area contributed by atoms with E-state index in [4.69, 9.17) is 13.5 Å². The van der Waals surface area contributed by atoms with E-state index in [1.807, 2.05) is 25.2 Å². The minimum Gasteiger partial charge on any atom is -0.437 e. The summed E-state index contributed by atoms with van der Waals surface area (Å²) < 4.78 is 29.4. The van der Waals surface area contributed by atoms with Gasteiger partial charge in [0.2, 0.25) is 5.89 Å². The van der Waals surface area contributed by atoms with Crippen molar-refractivity contribution in [3.05, 3.63) is 30.3 Å². The van der Waals surface area contributed by atoms with Crippen molar-refractivity contribution in [1.82, 2.24) is 9.88 Å². The van der Waals surface area contributed by atoms with Crippen molar-refractivity contribution in [2.75, 3.05) is 27.3 Å². The van der Waals surface area contributed by atoms with E-state index in [1.54, 1.807) is 38.1 Å². The maximum atomic E-state index is 13.0. The first kappa shape index (κ1) is 16.7. The average molecular weight is 324 g/mol. The Labute approximate surface area is 130 Å². The van der Waals surface area contributed by atoms with E-state index in [2.05, 4.69) is 4.98 Å². The van der Waals surface area contributed by atoms with Gasteiger partial charge in [0.25, 0.3) is 0 Å². The van der Waals surface area contributed by atoms with Gasteiger partial charge in [-0.1, -0.05) is 6.07 Å². The van der Waals surface area contributed by atoms with Gasteiger partial charge in [-0.3, -0.25) is 4.57 Å². The molecule has 0 radical (unpaired) electrons. The molecule has 22 heavy (non-hydrogen) atoms. The molecule has 120 valence electrons. The molecule has 0 N–H and O–H groups in total. The number of rotatable bonds is 7. The van der Waals surface area contributed by atoms with Crippen molar-refractivity contribution in [2.45, 2.75) is 13.8 Å². The van der Waals surface area contributed by atoms with Crippen LogP contribution < -0.4 is 5.30 Å². The van der Waals surface area contributed by atoms with Crippen LogP contribution in [-0.2, 0) is 13.6 Å². The summed E-state index contributed by atoms with van der Waals surface area (Å²) in [6.45, 7) is 4.14. The first-order valence-electron chi connectivity index (χ1n) is 7.14. The Balaban J connectivity index is 2.52. The molecule has 7 heteroatoms. The highest BCUT2D eigenvalue weighted by atomic mass is 31.2. The zero-order chi connectivity index (χ0) is 16.2. The van der Waals surface area contributed by atoms with Gasteiger partial charge in [0.15, 0.2) is 5.58 Å². The maximum absolute atomic E-state index is 13.0. The van der Waals surface area contributed by atoms with E-state index in [1.165, 1.54) is 0 Å². The zero-order valence-corrected chi connectivity index (χ0v) is 14.2. The second-order valence-electron chi connectivity index (χ2n) is 4.79. The highest BCUT2D eigenvalue weighted by molar-refractivity contribution is 7.62. The van der Waals surface area contributed by atoms with Crippen molar-refractivity contribution in [2.24, 2.45) is 0 Å². The summed E-state index contributed by atoms with van der Waals surface area (Å²) >= 11 is 0. The largest absolute Gasteiger partial charge is 0.437 e. The topological polar surface area (TPSA) is 64.8 Å². The van der Waals surface area contributed by atoms with Crippen LogP contribution in [0.1, 0.15) is 19.7 Å². The van der Waals surface area contributed by atoms with E-state index in [0.717, 1.165) is 0 Å². The molecule has 0 unspecified atom stereocenters. The molecule has 2 aromatic rings. The summed E-state index contributed by atoms with van der Waals surface area (Å²) in [6, 6.07) is 5.24. The molecule has 2 rings (SSSR count). The SMILES string of the molecule is CCOP(=O)(OCC)c1cccc2oc(/C=C/N(C)C)nc12. The third kappa shape index (κ3) is 3.58. The molecule has 1 aromatic heterocycles. The lowest BCUT2D eigenvalue weighted by molar-refractivity contribution is 0.230. The summed E-state index contributed by atoms with van der Waals surface area (Å²) in [5.41, 5.74) is 1.06. The molecule has 6 nitrogen and oxygen atoms in total. The molecule has 0 aliphatic rings. The van der Waals surface area contributed by atoms with Crippen LogP contribution in [0, 0.1) is 0 Å². The monoisotopic (exact) mass is 324 g/mol. The predicted octanol–water partition coefficient (Wildman–Crippen LogP) is 3.25. The smallest absolute Gasteiger partial charge is 0.363 e. The first-order valence-corrected chi connectivity index (χ1v) is 8.68. The maximum Gasteiger partial charge on any atom is 0.363 e. The molecule has 0 fully saturated rings. The van der Waals surface area contributed by atoms with Crippen LogP contribution in [-0.4, -0.2) is 37.2 Å². The Morgan fingerprint density at radius 2 is 1.95 bits per heavy atom. The number of aromatic nitrogens is 1. The predicted molar refractivity (Wildman–Crippen MR) is 87.2 cm³/mol. The number of nitrogens with zero attached hydrogens (tertiary/aromatic N) is 2. The molecule has 0 aliphatic heterocycles. The Hall–Kier alpha value is -1.62. The van der Waals surface area contributed by atoms with Crippen LogP contribution in [0.5, 0.6) is 0 Å². The molecule has 0 saturated carbocycles. The van der Waals surface area contributed by atoms with E-state index < -0.39 is 7.60 Å². The first-order chi connectivity index (χ1) is 10.5. The minimum absolute atomic E-state index is 0.291. The van der Waals surface area contributed by atoms with Gasteiger partial charge in [-0.15, -0.1) is 0 Å². The number of hydrogen-bond donors (Lipinski definition) is 0. The van der Waals surface area contributed by atoms with Crippen LogP contribution in [0.25, 0.3) is 17.2 Å². The van der Waals surface area contributed by atoms with Gasteiger partial charge in [0.1, 0.15) is 5.52 Å². The van der Waals surface area contributed by atoms with Crippen molar-refractivity contribution in [3.8, 4) is 0 Å². The van der Waals surface area contributed by atoms with Crippen LogP contribution in [0.2, 0.25) is 0 Å². The van der Waals surface area contributed by atoms with Gasteiger partial charge in [-0.2, -0.15) is 0 Å². The molecule has 0 bridgehead atoms. The lowest BCUT2D eigenvalue weighted by Crippen LogP contribution is -2.12. The minimum atomic E-state index is -3.40. The summed E-state index contributed by atoms with van der Waals surface area (Å²) in [5.74, 6) is 0.440. The van der Waals surface area contributed by atoms with Gasteiger partial charge in [0.05, 0.1) is 18.5 Å². The van der Waals surface area contributed by atoms with Crippen LogP contribution in [0.4, 0.5) is 0 Å². The summed E-state index contributed by atoms with van der Waals surface area (Å²) in [6.07, 6.45) is 3.57. The fraction of sp³-hybridized carbons (Fsp3) is 0.400. The lowest BCUT2D eigenvalue weighted by Gasteiger charge is -2.16. The normalized spacial score (nSPS) is 12.4. The Bertz CT molecular complexity index is 699. The highest BCUT2D eigenvalue weighted by Gasteiger charge is 2.30. The Morgan fingerprint density at radius 1 is 1.27 bits per heavy atom. The summed E-state index contributed by atoms with van der Waals surface area (Å²) in [5, 5.41) is 0.432. The molecular formula is C15H21N2O4P. The summed E-state index contributed by atoms with van der Waals surface area (Å²) in [7, 11) is 0.413. The van der Waals surface area contributed by atoms with Gasteiger partial charge >= 0.3 is 7.60 Å². The number of hydrogen-bond acceptors (Lipinski definition) is 6. The number of fused-ring (bicyclic) bond motifs is 1. The van der Waals surface area contributed by atoms with Gasteiger partial charge < -0.3 is 18.4 Å². The van der Waals surface area contributed by atoms with E-state index in [0.29, 0.717) is 35.5 Å².